The summed E-state index contributed by atoms with van der Waals surface area (Å²) < 4.78 is 5.16. The predicted molar refractivity (Wildman–Crippen MR) is 66.1 cm³/mol. The van der Waals surface area contributed by atoms with Gasteiger partial charge in [0.25, 0.3) is 0 Å². The van der Waals surface area contributed by atoms with Crippen LogP contribution < -0.4 is 9.64 Å². The number of methoxy groups -OCH3 is 1. The van der Waals surface area contributed by atoms with Crippen LogP contribution in [0.25, 0.3) is 0 Å². The molecule has 0 fully saturated rings. The zero-order valence-electron chi connectivity index (χ0n) is 9.11. The van der Waals surface area contributed by atoms with Crippen molar-refractivity contribution in [1.29, 1.82) is 0 Å². The zero-order chi connectivity index (χ0) is 11.1. The molecule has 1 rings (SSSR count). The molecule has 3 heteroatoms. The standard InChI is InChI=1S/C12H16ClNO/c1-14(9-4-3-8-13)11-6-5-7-12(10-11)15-2/h3-7,10H,8-9H2,1-2H3. The first-order valence-corrected chi connectivity index (χ1v) is 5.37. The van der Waals surface area contributed by atoms with Crippen LogP contribution in [0, 0.1) is 0 Å². The number of rotatable bonds is 5. The van der Waals surface area contributed by atoms with Crippen LogP contribution >= 0.6 is 11.6 Å². The fourth-order valence-electron chi connectivity index (χ4n) is 1.25. The van der Waals surface area contributed by atoms with E-state index in [0.29, 0.717) is 5.88 Å². The topological polar surface area (TPSA) is 12.5 Å². The normalized spacial score (nSPS) is 10.6. The first-order chi connectivity index (χ1) is 7.27. The van der Waals surface area contributed by atoms with Gasteiger partial charge in [-0.1, -0.05) is 18.2 Å². The Hall–Kier alpha value is -1.15. The van der Waals surface area contributed by atoms with E-state index in [9.17, 15) is 0 Å². The van der Waals surface area contributed by atoms with Crippen LogP contribution in [0.2, 0.25) is 0 Å². The highest BCUT2D eigenvalue weighted by Crippen LogP contribution is 2.19. The summed E-state index contributed by atoms with van der Waals surface area (Å²) in [5.41, 5.74) is 1.13. The maximum absolute atomic E-state index is 5.55. The molecule has 0 N–H and O–H groups in total. The minimum absolute atomic E-state index is 0.561. The third kappa shape index (κ3) is 3.84. The second-order valence-corrected chi connectivity index (χ2v) is 3.52. The molecule has 0 amide bonds. The van der Waals surface area contributed by atoms with Crippen molar-refractivity contribution in [3.8, 4) is 5.75 Å². The van der Waals surface area contributed by atoms with Crippen LogP contribution in [0.1, 0.15) is 0 Å². The van der Waals surface area contributed by atoms with Gasteiger partial charge >= 0.3 is 0 Å². The van der Waals surface area contributed by atoms with Gasteiger partial charge in [0.2, 0.25) is 0 Å². The summed E-state index contributed by atoms with van der Waals surface area (Å²) in [6.07, 6.45) is 3.99. The number of benzene rings is 1. The van der Waals surface area contributed by atoms with E-state index < -0.39 is 0 Å². The summed E-state index contributed by atoms with van der Waals surface area (Å²) >= 11 is 5.55. The average Bonchev–Trinajstić information content (AvgIpc) is 2.29. The molecule has 0 aromatic heterocycles. The number of hydrogen-bond acceptors (Lipinski definition) is 2. The van der Waals surface area contributed by atoms with E-state index in [-0.39, 0.29) is 0 Å². The molecule has 82 valence electrons. The smallest absolute Gasteiger partial charge is 0.120 e. The molecule has 0 bridgehead atoms. The maximum atomic E-state index is 5.55. The van der Waals surface area contributed by atoms with Crippen molar-refractivity contribution in [2.75, 3.05) is 31.5 Å². The number of hydrogen-bond donors (Lipinski definition) is 0. The van der Waals surface area contributed by atoms with Gasteiger partial charge in [-0.15, -0.1) is 11.6 Å². The molecule has 0 radical (unpaired) electrons. The Kier molecular flexibility index (Phi) is 5.05. The maximum Gasteiger partial charge on any atom is 0.120 e. The molecular weight excluding hydrogens is 210 g/mol. The van der Waals surface area contributed by atoms with Crippen LogP contribution in [-0.2, 0) is 0 Å². The molecule has 1 aromatic rings. The number of likely N-dealkylation sites (N-methyl/N-ethyl adjacent to an activating group) is 1. The summed E-state index contributed by atoms with van der Waals surface area (Å²) in [5, 5.41) is 0. The Bertz CT molecular complexity index is 325. The van der Waals surface area contributed by atoms with Crippen molar-refractivity contribution in [2.45, 2.75) is 0 Å². The summed E-state index contributed by atoms with van der Waals surface area (Å²) in [5.74, 6) is 1.44. The van der Waals surface area contributed by atoms with Gasteiger partial charge in [0.05, 0.1) is 7.11 Å². The molecule has 15 heavy (non-hydrogen) atoms. The van der Waals surface area contributed by atoms with Crippen molar-refractivity contribution < 1.29 is 4.74 Å². The fraction of sp³-hybridized carbons (Fsp3) is 0.333. The molecule has 0 atom stereocenters. The molecule has 2 nitrogen and oxygen atoms in total. The molecule has 0 aliphatic rings. The number of halogens is 1. The van der Waals surface area contributed by atoms with E-state index in [1.165, 1.54) is 0 Å². The van der Waals surface area contributed by atoms with E-state index in [4.69, 9.17) is 16.3 Å². The monoisotopic (exact) mass is 225 g/mol. The van der Waals surface area contributed by atoms with Crippen LogP contribution in [0.4, 0.5) is 5.69 Å². The lowest BCUT2D eigenvalue weighted by Crippen LogP contribution is -2.16. The quantitative estimate of drug-likeness (QED) is 0.565. The van der Waals surface area contributed by atoms with Crippen LogP contribution in [0.5, 0.6) is 5.75 Å². The highest BCUT2D eigenvalue weighted by molar-refractivity contribution is 6.18. The SMILES string of the molecule is COc1cccc(N(C)CC=CCCl)c1. The van der Waals surface area contributed by atoms with Gasteiger partial charge in [-0.2, -0.15) is 0 Å². The van der Waals surface area contributed by atoms with Gasteiger partial charge in [-0.05, 0) is 12.1 Å². The second-order valence-electron chi connectivity index (χ2n) is 3.21. The molecule has 0 spiro atoms. The molecular formula is C12H16ClNO. The molecule has 1 aromatic carbocycles. The lowest BCUT2D eigenvalue weighted by atomic mass is 10.3. The minimum atomic E-state index is 0.561. The fourth-order valence-corrected chi connectivity index (χ4v) is 1.37. The summed E-state index contributed by atoms with van der Waals surface area (Å²) in [7, 11) is 3.71. The van der Waals surface area contributed by atoms with Crippen molar-refractivity contribution in [3.63, 3.8) is 0 Å². The van der Waals surface area contributed by atoms with Gasteiger partial charge in [0, 0.05) is 31.2 Å². The molecule has 0 unspecified atom stereocenters. The van der Waals surface area contributed by atoms with Gasteiger partial charge in [-0.25, -0.2) is 0 Å². The number of alkyl halides is 1. The molecule has 0 heterocycles. The van der Waals surface area contributed by atoms with Gasteiger partial charge in [0.1, 0.15) is 5.75 Å². The van der Waals surface area contributed by atoms with Crippen molar-refractivity contribution in [1.82, 2.24) is 0 Å². The lowest BCUT2D eigenvalue weighted by Gasteiger charge is -2.17. The third-order valence-corrected chi connectivity index (χ3v) is 2.31. The molecule has 0 saturated carbocycles. The van der Waals surface area contributed by atoms with Crippen molar-refractivity contribution in [2.24, 2.45) is 0 Å². The minimum Gasteiger partial charge on any atom is -0.497 e. The van der Waals surface area contributed by atoms with E-state index in [2.05, 4.69) is 11.0 Å². The zero-order valence-corrected chi connectivity index (χ0v) is 9.87. The van der Waals surface area contributed by atoms with E-state index in [1.807, 2.05) is 37.4 Å². The Morgan fingerprint density at radius 1 is 1.40 bits per heavy atom. The van der Waals surface area contributed by atoms with E-state index in [1.54, 1.807) is 7.11 Å². The number of allylic oxidation sites excluding steroid dienone is 1. The van der Waals surface area contributed by atoms with E-state index in [0.717, 1.165) is 18.0 Å². The van der Waals surface area contributed by atoms with Gasteiger partial charge in [0.15, 0.2) is 0 Å². The average molecular weight is 226 g/mol. The second kappa shape index (κ2) is 6.36. The predicted octanol–water partition coefficient (Wildman–Crippen LogP) is 2.93. The van der Waals surface area contributed by atoms with Crippen LogP contribution in [0.3, 0.4) is 0 Å². The van der Waals surface area contributed by atoms with Gasteiger partial charge in [-0.3, -0.25) is 0 Å². The largest absolute Gasteiger partial charge is 0.497 e. The van der Waals surface area contributed by atoms with Crippen LogP contribution in [-0.4, -0.2) is 26.6 Å². The first-order valence-electron chi connectivity index (χ1n) is 4.84. The summed E-state index contributed by atoms with van der Waals surface area (Å²) in [6.45, 7) is 0.847. The molecule has 0 aliphatic carbocycles. The number of anilines is 1. The Labute approximate surface area is 96.1 Å². The first kappa shape index (κ1) is 11.9. The third-order valence-electron chi connectivity index (χ3n) is 2.13. The van der Waals surface area contributed by atoms with Crippen molar-refractivity contribution >= 4 is 17.3 Å². The highest BCUT2D eigenvalue weighted by atomic mass is 35.5. The highest BCUT2D eigenvalue weighted by Gasteiger charge is 1.99. The summed E-state index contributed by atoms with van der Waals surface area (Å²) in [6, 6.07) is 7.98. The Morgan fingerprint density at radius 3 is 2.87 bits per heavy atom. The summed E-state index contributed by atoms with van der Waals surface area (Å²) in [4.78, 5) is 2.13. The Morgan fingerprint density at radius 2 is 2.20 bits per heavy atom. The lowest BCUT2D eigenvalue weighted by molar-refractivity contribution is 0.415. The molecule has 0 aliphatic heterocycles. The van der Waals surface area contributed by atoms with Crippen LogP contribution in [0.15, 0.2) is 36.4 Å². The molecule has 0 saturated heterocycles. The number of ether oxygens (including phenoxy) is 1. The number of nitrogens with zero attached hydrogens (tertiary/aromatic N) is 1. The van der Waals surface area contributed by atoms with Crippen molar-refractivity contribution in [3.05, 3.63) is 36.4 Å². The van der Waals surface area contributed by atoms with Gasteiger partial charge < -0.3 is 9.64 Å². The van der Waals surface area contributed by atoms with E-state index >= 15 is 0 Å². The Balaban J connectivity index is 2.64.